The third-order valence-corrected chi connectivity index (χ3v) is 4.75. The number of likely N-dealkylation sites (tertiary alicyclic amines) is 1. The van der Waals surface area contributed by atoms with Gasteiger partial charge in [-0.3, -0.25) is 4.99 Å². The lowest BCUT2D eigenvalue weighted by Gasteiger charge is -2.21. The SMILES string of the molecule is CCNC(=NCCCSC)N1CCC(Cc2ccccc2)C1. The maximum Gasteiger partial charge on any atom is 0.193 e. The topological polar surface area (TPSA) is 27.6 Å². The van der Waals surface area contributed by atoms with E-state index in [-0.39, 0.29) is 0 Å². The fourth-order valence-electron chi connectivity index (χ4n) is 2.96. The first-order chi connectivity index (χ1) is 10.8. The fourth-order valence-corrected chi connectivity index (χ4v) is 3.38. The average Bonchev–Trinajstić information content (AvgIpc) is 3.00. The van der Waals surface area contributed by atoms with E-state index in [4.69, 9.17) is 4.99 Å². The molecular weight excluding hydrogens is 290 g/mol. The number of thioether (sulfide) groups is 1. The Bertz CT molecular complexity index is 447. The number of aliphatic imine (C=N–C) groups is 1. The summed E-state index contributed by atoms with van der Waals surface area (Å²) in [6, 6.07) is 10.8. The Balaban J connectivity index is 1.85. The van der Waals surface area contributed by atoms with Crippen LogP contribution in [0.4, 0.5) is 0 Å². The molecule has 4 heteroatoms. The molecule has 0 aliphatic carbocycles. The Morgan fingerprint density at radius 1 is 1.36 bits per heavy atom. The van der Waals surface area contributed by atoms with Crippen LogP contribution in [-0.2, 0) is 6.42 Å². The first kappa shape index (κ1) is 17.2. The second-order valence-corrected chi connectivity index (χ2v) is 6.86. The summed E-state index contributed by atoms with van der Waals surface area (Å²) in [4.78, 5) is 7.23. The van der Waals surface area contributed by atoms with Gasteiger partial charge in [-0.2, -0.15) is 11.8 Å². The number of hydrogen-bond acceptors (Lipinski definition) is 2. The molecule has 0 radical (unpaired) electrons. The van der Waals surface area contributed by atoms with E-state index in [9.17, 15) is 0 Å². The van der Waals surface area contributed by atoms with Crippen LogP contribution in [0.3, 0.4) is 0 Å². The number of nitrogens with zero attached hydrogens (tertiary/aromatic N) is 2. The molecule has 1 N–H and O–H groups in total. The molecule has 22 heavy (non-hydrogen) atoms. The van der Waals surface area contributed by atoms with Crippen LogP contribution in [0, 0.1) is 5.92 Å². The normalized spacial score (nSPS) is 18.7. The van der Waals surface area contributed by atoms with Gasteiger partial charge >= 0.3 is 0 Å². The number of hydrogen-bond donors (Lipinski definition) is 1. The molecule has 1 aliphatic heterocycles. The lowest BCUT2D eigenvalue weighted by molar-refractivity contribution is 0.460. The second kappa shape index (κ2) is 9.78. The van der Waals surface area contributed by atoms with Crippen LogP contribution in [-0.4, -0.2) is 49.0 Å². The number of nitrogens with one attached hydrogen (secondary N) is 1. The van der Waals surface area contributed by atoms with Gasteiger partial charge in [-0.15, -0.1) is 0 Å². The predicted molar refractivity (Wildman–Crippen MR) is 98.8 cm³/mol. The third-order valence-electron chi connectivity index (χ3n) is 4.06. The molecule has 1 heterocycles. The molecule has 0 spiro atoms. The highest BCUT2D eigenvalue weighted by atomic mass is 32.2. The Labute approximate surface area is 139 Å². The van der Waals surface area contributed by atoms with E-state index < -0.39 is 0 Å². The van der Waals surface area contributed by atoms with Crippen molar-refractivity contribution in [2.45, 2.75) is 26.2 Å². The Morgan fingerprint density at radius 2 is 2.18 bits per heavy atom. The monoisotopic (exact) mass is 319 g/mol. The molecule has 0 saturated carbocycles. The van der Waals surface area contributed by atoms with Crippen molar-refractivity contribution in [1.82, 2.24) is 10.2 Å². The summed E-state index contributed by atoms with van der Waals surface area (Å²) >= 11 is 1.90. The van der Waals surface area contributed by atoms with Crippen molar-refractivity contribution in [2.75, 3.05) is 38.2 Å². The van der Waals surface area contributed by atoms with Crippen LogP contribution in [0.2, 0.25) is 0 Å². The van der Waals surface area contributed by atoms with Crippen molar-refractivity contribution in [3.8, 4) is 0 Å². The molecule has 0 aromatic heterocycles. The molecular formula is C18H29N3S. The zero-order valence-corrected chi connectivity index (χ0v) is 14.7. The van der Waals surface area contributed by atoms with E-state index in [1.54, 1.807) is 0 Å². The minimum absolute atomic E-state index is 0.748. The largest absolute Gasteiger partial charge is 0.357 e. The molecule has 1 aromatic carbocycles. The van der Waals surface area contributed by atoms with Gasteiger partial charge in [0.25, 0.3) is 0 Å². The van der Waals surface area contributed by atoms with E-state index in [1.165, 1.54) is 24.2 Å². The number of benzene rings is 1. The van der Waals surface area contributed by atoms with Gasteiger partial charge in [0.05, 0.1) is 0 Å². The lowest BCUT2D eigenvalue weighted by atomic mass is 9.99. The number of guanidine groups is 1. The highest BCUT2D eigenvalue weighted by molar-refractivity contribution is 7.98. The highest BCUT2D eigenvalue weighted by Crippen LogP contribution is 2.20. The summed E-state index contributed by atoms with van der Waals surface area (Å²) in [5, 5.41) is 3.46. The fraction of sp³-hybridized carbons (Fsp3) is 0.611. The van der Waals surface area contributed by atoms with Crippen LogP contribution in [0.15, 0.2) is 35.3 Å². The van der Waals surface area contributed by atoms with E-state index in [1.807, 2.05) is 11.8 Å². The third kappa shape index (κ3) is 5.56. The van der Waals surface area contributed by atoms with Gasteiger partial charge in [0.15, 0.2) is 5.96 Å². The Morgan fingerprint density at radius 3 is 2.91 bits per heavy atom. The van der Waals surface area contributed by atoms with Gasteiger partial charge in [0.2, 0.25) is 0 Å². The van der Waals surface area contributed by atoms with Crippen LogP contribution in [0.1, 0.15) is 25.3 Å². The van der Waals surface area contributed by atoms with Gasteiger partial charge in [0, 0.05) is 26.2 Å². The maximum atomic E-state index is 4.79. The summed E-state index contributed by atoms with van der Waals surface area (Å²) in [6.07, 6.45) is 5.77. The Kier molecular flexibility index (Phi) is 7.64. The van der Waals surface area contributed by atoms with Crippen molar-refractivity contribution in [3.63, 3.8) is 0 Å². The summed E-state index contributed by atoms with van der Waals surface area (Å²) in [7, 11) is 0. The lowest BCUT2D eigenvalue weighted by Crippen LogP contribution is -2.40. The predicted octanol–water partition coefficient (Wildman–Crippen LogP) is 3.27. The summed E-state index contributed by atoms with van der Waals surface area (Å²) in [6.45, 7) is 6.29. The summed E-state index contributed by atoms with van der Waals surface area (Å²) in [5.74, 6) is 3.05. The van der Waals surface area contributed by atoms with Crippen LogP contribution >= 0.6 is 11.8 Å². The molecule has 0 amide bonds. The van der Waals surface area contributed by atoms with E-state index in [0.717, 1.165) is 44.5 Å². The molecule has 1 unspecified atom stereocenters. The van der Waals surface area contributed by atoms with Gasteiger partial charge in [-0.1, -0.05) is 30.3 Å². The van der Waals surface area contributed by atoms with Gasteiger partial charge in [-0.25, -0.2) is 0 Å². The second-order valence-electron chi connectivity index (χ2n) is 5.87. The van der Waals surface area contributed by atoms with Gasteiger partial charge < -0.3 is 10.2 Å². The van der Waals surface area contributed by atoms with E-state index in [0.29, 0.717) is 0 Å². The zero-order valence-electron chi connectivity index (χ0n) is 13.9. The molecule has 1 atom stereocenters. The molecule has 1 aliphatic rings. The van der Waals surface area contributed by atoms with Gasteiger partial charge in [0.1, 0.15) is 0 Å². The standard InChI is InChI=1S/C18H29N3S/c1-3-19-18(20-11-7-13-22-2)21-12-10-17(15-21)14-16-8-5-4-6-9-16/h4-6,8-9,17H,3,7,10-15H2,1-2H3,(H,19,20). The van der Waals surface area contributed by atoms with Crippen molar-refractivity contribution < 1.29 is 0 Å². The van der Waals surface area contributed by atoms with Crippen LogP contribution < -0.4 is 5.32 Å². The van der Waals surface area contributed by atoms with Gasteiger partial charge in [-0.05, 0) is 49.7 Å². The zero-order chi connectivity index (χ0) is 15.6. The van der Waals surface area contributed by atoms with Crippen LogP contribution in [0.25, 0.3) is 0 Å². The summed E-state index contributed by atoms with van der Waals surface area (Å²) < 4.78 is 0. The van der Waals surface area contributed by atoms with E-state index >= 15 is 0 Å². The van der Waals surface area contributed by atoms with Crippen molar-refractivity contribution >= 4 is 17.7 Å². The average molecular weight is 320 g/mol. The van der Waals surface area contributed by atoms with E-state index in [2.05, 4.69) is 53.7 Å². The summed E-state index contributed by atoms with van der Waals surface area (Å²) in [5.41, 5.74) is 1.45. The minimum atomic E-state index is 0.748. The molecule has 2 rings (SSSR count). The molecule has 1 saturated heterocycles. The minimum Gasteiger partial charge on any atom is -0.357 e. The van der Waals surface area contributed by atoms with Crippen molar-refractivity contribution in [3.05, 3.63) is 35.9 Å². The van der Waals surface area contributed by atoms with Crippen molar-refractivity contribution in [2.24, 2.45) is 10.9 Å². The maximum absolute atomic E-state index is 4.79. The first-order valence-electron chi connectivity index (χ1n) is 8.39. The van der Waals surface area contributed by atoms with Crippen molar-refractivity contribution in [1.29, 1.82) is 0 Å². The smallest absolute Gasteiger partial charge is 0.193 e. The van der Waals surface area contributed by atoms with Crippen LogP contribution in [0.5, 0.6) is 0 Å². The molecule has 1 aromatic rings. The molecule has 3 nitrogen and oxygen atoms in total. The highest BCUT2D eigenvalue weighted by Gasteiger charge is 2.24. The number of rotatable bonds is 7. The first-order valence-corrected chi connectivity index (χ1v) is 9.79. The molecule has 122 valence electrons. The molecule has 0 bridgehead atoms. The quantitative estimate of drug-likeness (QED) is 0.475. The molecule has 1 fully saturated rings. The Hall–Kier alpha value is -1.16.